The molecular weight excluding hydrogens is 232 g/mol. The van der Waals surface area contributed by atoms with Crippen molar-refractivity contribution in [3.63, 3.8) is 0 Å². The lowest BCUT2D eigenvalue weighted by Crippen LogP contribution is -2.22. The van der Waals surface area contributed by atoms with Gasteiger partial charge in [-0.25, -0.2) is 0 Å². The first-order valence-electron chi connectivity index (χ1n) is 6.06. The highest BCUT2D eigenvalue weighted by Gasteiger charge is 2.60. The molecule has 1 N–H and O–H groups in total. The molecular formula is C14H18O4. The van der Waals surface area contributed by atoms with Crippen molar-refractivity contribution >= 4 is 5.97 Å². The third kappa shape index (κ3) is 1.72. The molecule has 98 valence electrons. The van der Waals surface area contributed by atoms with E-state index in [-0.39, 0.29) is 5.92 Å². The minimum atomic E-state index is -0.749. The number of carbonyl (C=O) groups is 1. The molecule has 1 aliphatic rings. The van der Waals surface area contributed by atoms with Crippen molar-refractivity contribution in [1.29, 1.82) is 0 Å². The Morgan fingerprint density at radius 2 is 2.06 bits per heavy atom. The summed E-state index contributed by atoms with van der Waals surface area (Å²) in [7, 11) is 3.12. The molecule has 2 unspecified atom stereocenters. The second-order valence-electron chi connectivity index (χ2n) is 4.66. The molecule has 4 nitrogen and oxygen atoms in total. The van der Waals surface area contributed by atoms with Crippen LogP contribution in [0.25, 0.3) is 0 Å². The number of carboxylic acid groups (broad SMARTS) is 1. The van der Waals surface area contributed by atoms with Crippen molar-refractivity contribution in [3.05, 3.63) is 23.8 Å². The molecule has 1 aromatic carbocycles. The van der Waals surface area contributed by atoms with E-state index in [1.165, 1.54) is 0 Å². The maximum atomic E-state index is 11.5. The summed E-state index contributed by atoms with van der Waals surface area (Å²) in [4.78, 5) is 11.5. The van der Waals surface area contributed by atoms with Gasteiger partial charge in [-0.15, -0.1) is 0 Å². The minimum absolute atomic E-state index is 0.216. The quantitative estimate of drug-likeness (QED) is 0.872. The third-order valence-corrected chi connectivity index (χ3v) is 3.88. The molecule has 1 saturated carbocycles. The molecule has 4 heteroatoms. The second-order valence-corrected chi connectivity index (χ2v) is 4.66. The van der Waals surface area contributed by atoms with Crippen LogP contribution in [-0.2, 0) is 10.2 Å². The van der Waals surface area contributed by atoms with Crippen LogP contribution >= 0.6 is 0 Å². The van der Waals surface area contributed by atoms with Gasteiger partial charge >= 0.3 is 5.97 Å². The number of hydrogen-bond acceptors (Lipinski definition) is 3. The van der Waals surface area contributed by atoms with Gasteiger partial charge in [0, 0.05) is 0 Å². The van der Waals surface area contributed by atoms with Crippen LogP contribution in [0.1, 0.15) is 25.3 Å². The van der Waals surface area contributed by atoms with Crippen LogP contribution in [0.3, 0.4) is 0 Å². The van der Waals surface area contributed by atoms with Crippen LogP contribution in [0.2, 0.25) is 0 Å². The molecule has 0 heterocycles. The fourth-order valence-electron chi connectivity index (χ4n) is 2.68. The summed E-state index contributed by atoms with van der Waals surface area (Å²) >= 11 is 0. The topological polar surface area (TPSA) is 55.8 Å². The van der Waals surface area contributed by atoms with E-state index in [0.29, 0.717) is 17.9 Å². The summed E-state index contributed by atoms with van der Waals surface area (Å²) < 4.78 is 10.4. The zero-order valence-electron chi connectivity index (χ0n) is 10.9. The van der Waals surface area contributed by atoms with Crippen molar-refractivity contribution in [3.8, 4) is 11.5 Å². The predicted molar refractivity (Wildman–Crippen MR) is 67.3 cm³/mol. The Bertz CT molecular complexity index is 469. The molecule has 1 aromatic rings. The molecule has 0 radical (unpaired) electrons. The SMILES string of the molecule is CCC1CC1(C(=O)O)c1ccc(OC)c(OC)c1. The Labute approximate surface area is 107 Å². The molecule has 0 aromatic heterocycles. The molecule has 0 amide bonds. The molecule has 1 fully saturated rings. The standard InChI is InChI=1S/C14H18O4/c1-4-9-8-14(9,13(15)16)10-5-6-11(17-2)12(7-10)18-3/h5-7,9H,4,8H2,1-3H3,(H,15,16). The van der Waals surface area contributed by atoms with Gasteiger partial charge in [-0.05, 0) is 30.0 Å². The fraction of sp³-hybridized carbons (Fsp3) is 0.500. The van der Waals surface area contributed by atoms with Crippen molar-refractivity contribution in [2.75, 3.05) is 14.2 Å². The van der Waals surface area contributed by atoms with E-state index < -0.39 is 11.4 Å². The maximum absolute atomic E-state index is 11.5. The smallest absolute Gasteiger partial charge is 0.314 e. The van der Waals surface area contributed by atoms with E-state index >= 15 is 0 Å². The summed E-state index contributed by atoms with van der Waals surface area (Å²) in [6.07, 6.45) is 1.58. The molecule has 0 spiro atoms. The van der Waals surface area contributed by atoms with E-state index in [4.69, 9.17) is 9.47 Å². The first kappa shape index (κ1) is 12.7. The number of benzene rings is 1. The largest absolute Gasteiger partial charge is 0.493 e. The number of carboxylic acids is 1. The van der Waals surface area contributed by atoms with Crippen LogP contribution in [-0.4, -0.2) is 25.3 Å². The lowest BCUT2D eigenvalue weighted by molar-refractivity contribution is -0.140. The molecule has 0 bridgehead atoms. The van der Waals surface area contributed by atoms with Gasteiger partial charge in [-0.2, -0.15) is 0 Å². The van der Waals surface area contributed by atoms with Crippen LogP contribution in [0.15, 0.2) is 18.2 Å². The highest BCUT2D eigenvalue weighted by atomic mass is 16.5. The molecule has 1 aliphatic carbocycles. The van der Waals surface area contributed by atoms with Gasteiger partial charge in [-0.3, -0.25) is 4.79 Å². The lowest BCUT2D eigenvalue weighted by atomic mass is 9.92. The zero-order valence-corrected chi connectivity index (χ0v) is 10.9. The highest BCUT2D eigenvalue weighted by Crippen LogP contribution is 2.57. The lowest BCUT2D eigenvalue weighted by Gasteiger charge is -2.15. The van der Waals surface area contributed by atoms with E-state index in [1.807, 2.05) is 13.0 Å². The average molecular weight is 250 g/mol. The van der Waals surface area contributed by atoms with E-state index in [0.717, 1.165) is 12.0 Å². The predicted octanol–water partition coefficient (Wildman–Crippen LogP) is 2.46. The van der Waals surface area contributed by atoms with Crippen LogP contribution < -0.4 is 9.47 Å². The molecule has 0 aliphatic heterocycles. The summed E-state index contributed by atoms with van der Waals surface area (Å²) in [5.41, 5.74) is 0.0772. The van der Waals surface area contributed by atoms with E-state index in [2.05, 4.69) is 0 Å². The summed E-state index contributed by atoms with van der Waals surface area (Å²) in [5, 5.41) is 9.48. The van der Waals surface area contributed by atoms with Crippen molar-refractivity contribution in [2.45, 2.75) is 25.2 Å². The Morgan fingerprint density at radius 1 is 1.39 bits per heavy atom. The van der Waals surface area contributed by atoms with Gasteiger partial charge < -0.3 is 14.6 Å². The summed E-state index contributed by atoms with van der Waals surface area (Å²) in [6.45, 7) is 2.02. The Hall–Kier alpha value is -1.71. The van der Waals surface area contributed by atoms with E-state index in [9.17, 15) is 9.90 Å². The Morgan fingerprint density at radius 3 is 2.50 bits per heavy atom. The molecule has 0 saturated heterocycles. The van der Waals surface area contributed by atoms with Crippen molar-refractivity contribution < 1.29 is 19.4 Å². The molecule has 2 atom stereocenters. The third-order valence-electron chi connectivity index (χ3n) is 3.88. The van der Waals surface area contributed by atoms with Crippen LogP contribution in [0.4, 0.5) is 0 Å². The van der Waals surface area contributed by atoms with Gasteiger partial charge in [-0.1, -0.05) is 19.4 Å². The first-order valence-corrected chi connectivity index (χ1v) is 6.06. The monoisotopic (exact) mass is 250 g/mol. The zero-order chi connectivity index (χ0) is 13.3. The number of hydrogen-bond donors (Lipinski definition) is 1. The average Bonchev–Trinajstić information content (AvgIpc) is 3.13. The number of methoxy groups -OCH3 is 2. The normalized spacial score (nSPS) is 25.6. The molecule has 18 heavy (non-hydrogen) atoms. The van der Waals surface area contributed by atoms with Gasteiger partial charge in [0.05, 0.1) is 19.6 Å². The second kappa shape index (κ2) is 4.52. The fourth-order valence-corrected chi connectivity index (χ4v) is 2.68. The minimum Gasteiger partial charge on any atom is -0.493 e. The number of aliphatic carboxylic acids is 1. The van der Waals surface area contributed by atoms with Crippen LogP contribution in [0.5, 0.6) is 11.5 Å². The Balaban J connectivity index is 2.42. The van der Waals surface area contributed by atoms with Crippen molar-refractivity contribution in [1.82, 2.24) is 0 Å². The molecule has 2 rings (SSSR count). The van der Waals surface area contributed by atoms with Gasteiger partial charge in [0.15, 0.2) is 11.5 Å². The van der Waals surface area contributed by atoms with E-state index in [1.54, 1.807) is 26.4 Å². The first-order chi connectivity index (χ1) is 8.59. The maximum Gasteiger partial charge on any atom is 0.314 e. The van der Waals surface area contributed by atoms with Crippen molar-refractivity contribution in [2.24, 2.45) is 5.92 Å². The van der Waals surface area contributed by atoms with Gasteiger partial charge in [0.2, 0.25) is 0 Å². The Kier molecular flexibility index (Phi) is 3.20. The van der Waals surface area contributed by atoms with Gasteiger partial charge in [0.1, 0.15) is 0 Å². The van der Waals surface area contributed by atoms with Gasteiger partial charge in [0.25, 0.3) is 0 Å². The van der Waals surface area contributed by atoms with Crippen LogP contribution in [0, 0.1) is 5.92 Å². The highest BCUT2D eigenvalue weighted by molar-refractivity contribution is 5.86. The number of rotatable bonds is 5. The summed E-state index contributed by atoms with van der Waals surface area (Å²) in [6, 6.07) is 5.37. The summed E-state index contributed by atoms with van der Waals surface area (Å²) in [5.74, 6) is 0.669. The number of ether oxygens (including phenoxy) is 2.